The number of rotatable bonds is 4. The molecule has 1 aliphatic rings. The SMILES string of the molecule is CC(C)C1CCCN1c1nc(NN)nc(-n2ccnc2)n1. The van der Waals surface area contributed by atoms with Crippen LogP contribution >= 0.6 is 0 Å². The van der Waals surface area contributed by atoms with Gasteiger partial charge >= 0.3 is 0 Å². The Balaban J connectivity index is 2.00. The number of hydrazine groups is 1. The Kier molecular flexibility index (Phi) is 3.70. The van der Waals surface area contributed by atoms with E-state index in [1.165, 1.54) is 0 Å². The number of nitrogens with zero attached hydrogens (tertiary/aromatic N) is 6. The molecule has 0 saturated carbocycles. The average molecular weight is 288 g/mol. The molecule has 8 nitrogen and oxygen atoms in total. The van der Waals surface area contributed by atoms with Crippen molar-refractivity contribution in [2.45, 2.75) is 32.7 Å². The number of hydrogen-bond donors (Lipinski definition) is 2. The maximum Gasteiger partial charge on any atom is 0.243 e. The lowest BCUT2D eigenvalue weighted by molar-refractivity contribution is 0.486. The quantitative estimate of drug-likeness (QED) is 0.639. The molecular weight excluding hydrogens is 268 g/mol. The minimum absolute atomic E-state index is 0.359. The normalized spacial score (nSPS) is 18.5. The van der Waals surface area contributed by atoms with E-state index < -0.39 is 0 Å². The van der Waals surface area contributed by atoms with Crippen molar-refractivity contribution in [3.8, 4) is 5.95 Å². The average Bonchev–Trinajstić information content (AvgIpc) is 3.17. The molecule has 21 heavy (non-hydrogen) atoms. The van der Waals surface area contributed by atoms with E-state index in [0.717, 1.165) is 19.4 Å². The van der Waals surface area contributed by atoms with Gasteiger partial charge in [-0.25, -0.2) is 10.8 Å². The number of aromatic nitrogens is 5. The van der Waals surface area contributed by atoms with Crippen LogP contribution in [0.4, 0.5) is 11.9 Å². The van der Waals surface area contributed by atoms with Gasteiger partial charge in [-0.2, -0.15) is 15.0 Å². The third kappa shape index (κ3) is 2.66. The highest BCUT2D eigenvalue weighted by Gasteiger charge is 2.29. The first kappa shape index (κ1) is 13.7. The van der Waals surface area contributed by atoms with Crippen LogP contribution in [0.3, 0.4) is 0 Å². The summed E-state index contributed by atoms with van der Waals surface area (Å²) in [5.41, 5.74) is 2.51. The van der Waals surface area contributed by atoms with Gasteiger partial charge in [-0.05, 0) is 18.8 Å². The summed E-state index contributed by atoms with van der Waals surface area (Å²) in [6.45, 7) is 5.41. The second kappa shape index (κ2) is 5.65. The van der Waals surface area contributed by atoms with Gasteiger partial charge in [0, 0.05) is 25.0 Å². The molecule has 1 fully saturated rings. The number of imidazole rings is 1. The van der Waals surface area contributed by atoms with Gasteiger partial charge in [0.25, 0.3) is 0 Å². The number of anilines is 2. The van der Waals surface area contributed by atoms with Crippen LogP contribution in [0.5, 0.6) is 0 Å². The summed E-state index contributed by atoms with van der Waals surface area (Å²) in [6, 6.07) is 0.452. The van der Waals surface area contributed by atoms with Crippen LogP contribution in [0.15, 0.2) is 18.7 Å². The Hall–Kier alpha value is -2.22. The lowest BCUT2D eigenvalue weighted by atomic mass is 10.0. The number of nitrogens with two attached hydrogens (primary N) is 1. The molecule has 3 rings (SSSR count). The first-order chi connectivity index (χ1) is 10.2. The molecule has 1 unspecified atom stereocenters. The third-order valence-corrected chi connectivity index (χ3v) is 3.80. The van der Waals surface area contributed by atoms with Gasteiger partial charge in [0.1, 0.15) is 6.33 Å². The van der Waals surface area contributed by atoms with Crippen LogP contribution in [0.25, 0.3) is 5.95 Å². The maximum absolute atomic E-state index is 5.49. The molecule has 3 heterocycles. The summed E-state index contributed by atoms with van der Waals surface area (Å²) in [4.78, 5) is 19.5. The van der Waals surface area contributed by atoms with Crippen molar-refractivity contribution in [3.63, 3.8) is 0 Å². The van der Waals surface area contributed by atoms with Crippen LogP contribution in [0, 0.1) is 5.92 Å². The van der Waals surface area contributed by atoms with Crippen LogP contribution in [0.2, 0.25) is 0 Å². The first-order valence-corrected chi connectivity index (χ1v) is 7.16. The molecule has 1 saturated heterocycles. The zero-order valence-electron chi connectivity index (χ0n) is 12.3. The van der Waals surface area contributed by atoms with Crippen LogP contribution in [-0.4, -0.2) is 37.1 Å². The smallest absolute Gasteiger partial charge is 0.243 e. The molecule has 2 aromatic heterocycles. The van der Waals surface area contributed by atoms with Crippen molar-refractivity contribution < 1.29 is 0 Å². The second-order valence-electron chi connectivity index (χ2n) is 5.52. The Bertz CT molecular complexity index is 594. The molecule has 0 aromatic carbocycles. The van der Waals surface area contributed by atoms with Crippen LogP contribution in [0.1, 0.15) is 26.7 Å². The molecule has 2 aromatic rings. The fourth-order valence-electron chi connectivity index (χ4n) is 2.77. The van der Waals surface area contributed by atoms with E-state index in [9.17, 15) is 0 Å². The largest absolute Gasteiger partial charge is 0.337 e. The van der Waals surface area contributed by atoms with Gasteiger partial charge in [-0.3, -0.25) is 9.99 Å². The third-order valence-electron chi connectivity index (χ3n) is 3.80. The molecule has 0 amide bonds. The predicted molar refractivity (Wildman–Crippen MR) is 80.0 cm³/mol. The van der Waals surface area contributed by atoms with Gasteiger partial charge in [0.15, 0.2) is 0 Å². The minimum atomic E-state index is 0.359. The zero-order chi connectivity index (χ0) is 14.8. The monoisotopic (exact) mass is 288 g/mol. The zero-order valence-corrected chi connectivity index (χ0v) is 12.3. The van der Waals surface area contributed by atoms with E-state index in [0.29, 0.717) is 29.8 Å². The minimum Gasteiger partial charge on any atom is -0.337 e. The van der Waals surface area contributed by atoms with Crippen molar-refractivity contribution in [2.24, 2.45) is 11.8 Å². The molecular formula is C13H20N8. The fraction of sp³-hybridized carbons (Fsp3) is 0.538. The lowest BCUT2D eigenvalue weighted by Crippen LogP contribution is -2.35. The van der Waals surface area contributed by atoms with E-state index in [-0.39, 0.29) is 0 Å². The van der Waals surface area contributed by atoms with Crippen molar-refractivity contribution in [3.05, 3.63) is 18.7 Å². The predicted octanol–water partition coefficient (Wildman–Crippen LogP) is 0.968. The molecule has 0 radical (unpaired) electrons. The highest BCUT2D eigenvalue weighted by atomic mass is 15.4. The van der Waals surface area contributed by atoms with Gasteiger partial charge in [0.05, 0.1) is 0 Å². The van der Waals surface area contributed by atoms with Gasteiger partial charge in [-0.15, -0.1) is 0 Å². The summed E-state index contributed by atoms with van der Waals surface area (Å²) in [5.74, 6) is 7.58. The molecule has 0 spiro atoms. The van der Waals surface area contributed by atoms with E-state index in [2.05, 4.69) is 44.1 Å². The molecule has 0 bridgehead atoms. The van der Waals surface area contributed by atoms with Gasteiger partial charge in [-0.1, -0.05) is 13.8 Å². The summed E-state index contributed by atoms with van der Waals surface area (Å²) in [6.07, 6.45) is 7.45. The second-order valence-corrected chi connectivity index (χ2v) is 5.52. The van der Waals surface area contributed by atoms with Crippen molar-refractivity contribution in [1.29, 1.82) is 0 Å². The summed E-state index contributed by atoms with van der Waals surface area (Å²) in [5, 5.41) is 0. The van der Waals surface area contributed by atoms with Crippen molar-refractivity contribution in [2.75, 3.05) is 16.9 Å². The van der Waals surface area contributed by atoms with E-state index in [4.69, 9.17) is 5.84 Å². The summed E-state index contributed by atoms with van der Waals surface area (Å²) < 4.78 is 1.74. The van der Waals surface area contributed by atoms with Crippen molar-refractivity contribution in [1.82, 2.24) is 24.5 Å². The standard InChI is InChI=1S/C13H20N8/c1-9(2)10-4-3-6-21(10)13-17-11(19-14)16-12(18-13)20-7-5-15-8-20/h5,7-10H,3-4,6,14H2,1-2H3,(H,16,17,18,19). The number of nitrogen functional groups attached to an aromatic ring is 1. The molecule has 1 aliphatic heterocycles. The van der Waals surface area contributed by atoms with E-state index >= 15 is 0 Å². The topological polar surface area (TPSA) is 97.8 Å². The Morgan fingerprint density at radius 2 is 2.10 bits per heavy atom. The highest BCUT2D eigenvalue weighted by Crippen LogP contribution is 2.28. The van der Waals surface area contributed by atoms with Crippen LogP contribution < -0.4 is 16.2 Å². The summed E-state index contributed by atoms with van der Waals surface area (Å²) in [7, 11) is 0. The number of nitrogens with one attached hydrogen (secondary N) is 1. The van der Waals surface area contributed by atoms with E-state index in [1.54, 1.807) is 23.3 Å². The Labute approximate surface area is 123 Å². The Morgan fingerprint density at radius 3 is 2.76 bits per heavy atom. The van der Waals surface area contributed by atoms with Crippen molar-refractivity contribution >= 4 is 11.9 Å². The highest BCUT2D eigenvalue weighted by molar-refractivity contribution is 5.41. The van der Waals surface area contributed by atoms with Gasteiger partial charge < -0.3 is 4.90 Å². The lowest BCUT2D eigenvalue weighted by Gasteiger charge is -2.27. The number of hydrogen-bond acceptors (Lipinski definition) is 7. The maximum atomic E-state index is 5.49. The molecule has 112 valence electrons. The van der Waals surface area contributed by atoms with Crippen LogP contribution in [-0.2, 0) is 0 Å². The molecule has 3 N–H and O–H groups in total. The molecule has 0 aliphatic carbocycles. The molecule has 8 heteroatoms. The Morgan fingerprint density at radius 1 is 1.29 bits per heavy atom. The first-order valence-electron chi connectivity index (χ1n) is 7.16. The van der Waals surface area contributed by atoms with Gasteiger partial charge in [0.2, 0.25) is 17.8 Å². The summed E-state index contributed by atoms with van der Waals surface area (Å²) >= 11 is 0. The molecule has 1 atom stereocenters. The fourth-order valence-corrected chi connectivity index (χ4v) is 2.77. The van der Waals surface area contributed by atoms with E-state index in [1.807, 2.05) is 0 Å².